The minimum Gasteiger partial charge on any atom is -0.511 e. The standard InChI is InChI=1S/C35H38N2O5S/c1-21(2)35(15-14-23-10-12-26(38)13-11-23)19-29(39)31(33(41)42-35)43-30-16-22(3)28(18-27(30)34(4,5)6)37-32(40)25-9-7-8-24(17-25)20-36/h7-13,16-18,21,38-39H,14-15,19H2,1-6H3,(H,37,40)/t35-/m0/s1. The number of carbonyl (C=O) groups excluding carboxylic acids is 2. The third kappa shape index (κ3) is 7.23. The van der Waals surface area contributed by atoms with E-state index in [1.165, 1.54) is 11.8 Å². The highest BCUT2D eigenvalue weighted by Crippen LogP contribution is 2.46. The van der Waals surface area contributed by atoms with Crippen molar-refractivity contribution in [1.82, 2.24) is 0 Å². The minimum absolute atomic E-state index is 0.00734. The van der Waals surface area contributed by atoms with E-state index in [-0.39, 0.29) is 40.1 Å². The molecular weight excluding hydrogens is 560 g/mol. The molecule has 3 N–H and O–H groups in total. The van der Waals surface area contributed by atoms with Gasteiger partial charge in [-0.1, -0.05) is 64.6 Å². The van der Waals surface area contributed by atoms with Crippen LogP contribution >= 0.6 is 11.8 Å². The number of phenols is 1. The van der Waals surface area contributed by atoms with Gasteiger partial charge < -0.3 is 20.3 Å². The van der Waals surface area contributed by atoms with Gasteiger partial charge in [0.05, 0.1) is 11.6 Å². The van der Waals surface area contributed by atoms with E-state index in [0.29, 0.717) is 29.7 Å². The van der Waals surface area contributed by atoms with Gasteiger partial charge in [0.1, 0.15) is 22.0 Å². The number of hydrogen-bond acceptors (Lipinski definition) is 7. The number of nitrogens with one attached hydrogen (secondary N) is 1. The third-order valence-corrected chi connectivity index (χ3v) is 9.05. The van der Waals surface area contributed by atoms with Gasteiger partial charge in [-0.05, 0) is 90.3 Å². The highest BCUT2D eigenvalue weighted by molar-refractivity contribution is 8.04. The number of amides is 1. The molecule has 1 heterocycles. The Morgan fingerprint density at radius 1 is 1.12 bits per heavy atom. The lowest BCUT2D eigenvalue weighted by Gasteiger charge is -2.40. The summed E-state index contributed by atoms with van der Waals surface area (Å²) in [4.78, 5) is 27.4. The molecule has 1 aliphatic heterocycles. The lowest BCUT2D eigenvalue weighted by molar-refractivity contribution is -0.164. The van der Waals surface area contributed by atoms with E-state index in [1.807, 2.05) is 65.8 Å². The van der Waals surface area contributed by atoms with Gasteiger partial charge in [0.2, 0.25) is 0 Å². The van der Waals surface area contributed by atoms with Crippen LogP contribution < -0.4 is 5.32 Å². The molecule has 1 aliphatic rings. The number of anilines is 1. The molecule has 224 valence electrons. The Labute approximate surface area is 257 Å². The number of ether oxygens (including phenoxy) is 1. The van der Waals surface area contributed by atoms with Crippen molar-refractivity contribution < 1.29 is 24.5 Å². The van der Waals surface area contributed by atoms with Gasteiger partial charge in [0.15, 0.2) is 0 Å². The molecule has 0 spiro atoms. The fourth-order valence-electron chi connectivity index (χ4n) is 5.14. The molecule has 0 saturated carbocycles. The van der Waals surface area contributed by atoms with Gasteiger partial charge >= 0.3 is 5.97 Å². The Morgan fingerprint density at radius 2 is 1.81 bits per heavy atom. The van der Waals surface area contributed by atoms with E-state index in [2.05, 4.69) is 11.4 Å². The molecule has 0 aliphatic carbocycles. The van der Waals surface area contributed by atoms with E-state index in [0.717, 1.165) is 21.6 Å². The molecule has 0 fully saturated rings. The Hall–Kier alpha value is -4.22. The van der Waals surface area contributed by atoms with Crippen LogP contribution in [0.5, 0.6) is 5.75 Å². The first-order valence-corrected chi connectivity index (χ1v) is 15.1. The zero-order valence-corrected chi connectivity index (χ0v) is 26.3. The second kappa shape index (κ2) is 12.6. The van der Waals surface area contributed by atoms with Crippen LogP contribution in [0.25, 0.3) is 0 Å². The first-order chi connectivity index (χ1) is 20.2. The first-order valence-electron chi connectivity index (χ1n) is 14.3. The molecule has 7 nitrogen and oxygen atoms in total. The van der Waals surface area contributed by atoms with Crippen LogP contribution in [0.4, 0.5) is 5.69 Å². The number of aryl methyl sites for hydroxylation is 2. The molecule has 0 aromatic heterocycles. The molecule has 8 heteroatoms. The van der Waals surface area contributed by atoms with Crippen molar-refractivity contribution in [2.24, 2.45) is 5.92 Å². The van der Waals surface area contributed by atoms with Gasteiger partial charge in [-0.15, -0.1) is 0 Å². The minimum atomic E-state index is -0.858. The topological polar surface area (TPSA) is 120 Å². The predicted octanol–water partition coefficient (Wildman–Crippen LogP) is 7.96. The summed E-state index contributed by atoms with van der Waals surface area (Å²) in [5, 5.41) is 33.0. The SMILES string of the molecule is Cc1cc(SC2=C(O)C[C@@](CCc3ccc(O)cc3)(C(C)C)OC2=O)c(C(C)(C)C)cc1NC(=O)c1cccc(C#N)c1. The Bertz CT molecular complexity index is 1610. The van der Waals surface area contributed by atoms with Gasteiger partial charge in [-0.25, -0.2) is 4.79 Å². The lowest BCUT2D eigenvalue weighted by atomic mass is 9.80. The molecule has 0 bridgehead atoms. The summed E-state index contributed by atoms with van der Waals surface area (Å²) in [6.45, 7) is 12.0. The zero-order chi connectivity index (χ0) is 31.5. The van der Waals surface area contributed by atoms with E-state index < -0.39 is 11.6 Å². The number of phenolic OH excluding ortho intramolecular Hbond substituents is 1. The van der Waals surface area contributed by atoms with Crippen LogP contribution in [0, 0.1) is 24.2 Å². The number of thioether (sulfide) groups is 1. The number of carbonyl (C=O) groups is 2. The number of aliphatic hydroxyl groups is 1. The number of rotatable bonds is 8. The van der Waals surface area contributed by atoms with Crippen molar-refractivity contribution in [3.63, 3.8) is 0 Å². The maximum Gasteiger partial charge on any atom is 0.349 e. The summed E-state index contributed by atoms with van der Waals surface area (Å²) in [6.07, 6.45) is 1.36. The molecule has 0 unspecified atom stereocenters. The van der Waals surface area contributed by atoms with Crippen molar-refractivity contribution >= 4 is 29.3 Å². The van der Waals surface area contributed by atoms with Crippen molar-refractivity contribution in [3.05, 3.63) is 99.1 Å². The summed E-state index contributed by atoms with van der Waals surface area (Å²) in [7, 11) is 0. The number of nitrogens with zero attached hydrogens (tertiary/aromatic N) is 1. The number of cyclic esters (lactones) is 1. The molecule has 3 aromatic carbocycles. The molecule has 3 aromatic rings. The van der Waals surface area contributed by atoms with Gasteiger partial charge in [-0.2, -0.15) is 5.26 Å². The Morgan fingerprint density at radius 3 is 2.42 bits per heavy atom. The van der Waals surface area contributed by atoms with Crippen molar-refractivity contribution in [1.29, 1.82) is 5.26 Å². The van der Waals surface area contributed by atoms with Crippen LogP contribution in [0.3, 0.4) is 0 Å². The summed E-state index contributed by atoms with van der Waals surface area (Å²) >= 11 is 1.18. The van der Waals surface area contributed by atoms with Gasteiger partial charge in [0, 0.05) is 22.6 Å². The average molecular weight is 599 g/mol. The van der Waals surface area contributed by atoms with Crippen LogP contribution in [0.1, 0.15) is 80.1 Å². The van der Waals surface area contributed by atoms with Crippen molar-refractivity contribution in [2.75, 3.05) is 5.32 Å². The second-order valence-electron chi connectivity index (χ2n) is 12.4. The average Bonchev–Trinajstić information content (AvgIpc) is 2.95. The Balaban J connectivity index is 1.61. The molecule has 0 saturated heterocycles. The molecular formula is C35H38N2O5S. The number of esters is 1. The molecule has 0 radical (unpaired) electrons. The highest BCUT2D eigenvalue weighted by Gasteiger charge is 2.44. The number of aliphatic hydroxyl groups excluding tert-OH is 1. The smallest absolute Gasteiger partial charge is 0.349 e. The monoisotopic (exact) mass is 598 g/mol. The number of aromatic hydroxyl groups is 1. The fraction of sp³-hybridized carbons (Fsp3) is 0.343. The number of nitriles is 1. The van der Waals surface area contributed by atoms with E-state index in [1.54, 1.807) is 36.4 Å². The molecule has 1 atom stereocenters. The predicted molar refractivity (Wildman–Crippen MR) is 169 cm³/mol. The van der Waals surface area contributed by atoms with Crippen LogP contribution in [-0.2, 0) is 21.4 Å². The van der Waals surface area contributed by atoms with E-state index >= 15 is 0 Å². The maximum atomic E-state index is 13.5. The second-order valence-corrected chi connectivity index (χ2v) is 13.4. The normalized spacial score (nSPS) is 17.0. The highest BCUT2D eigenvalue weighted by atomic mass is 32.2. The quantitative estimate of drug-likeness (QED) is 0.225. The van der Waals surface area contributed by atoms with Crippen molar-refractivity contribution in [2.45, 2.75) is 76.7 Å². The van der Waals surface area contributed by atoms with Crippen LogP contribution in [-0.4, -0.2) is 27.7 Å². The van der Waals surface area contributed by atoms with E-state index in [4.69, 9.17) is 4.74 Å². The molecule has 1 amide bonds. The lowest BCUT2D eigenvalue weighted by Crippen LogP contribution is -2.44. The largest absolute Gasteiger partial charge is 0.511 e. The van der Waals surface area contributed by atoms with Gasteiger partial charge in [0.25, 0.3) is 5.91 Å². The van der Waals surface area contributed by atoms with Crippen LogP contribution in [0.2, 0.25) is 0 Å². The van der Waals surface area contributed by atoms with E-state index in [9.17, 15) is 25.1 Å². The Kier molecular flexibility index (Phi) is 9.26. The summed E-state index contributed by atoms with van der Waals surface area (Å²) < 4.78 is 6.13. The third-order valence-electron chi connectivity index (χ3n) is 7.88. The maximum absolute atomic E-state index is 13.5. The van der Waals surface area contributed by atoms with Crippen LogP contribution in [0.15, 0.2) is 76.2 Å². The first kappa shape index (κ1) is 31.7. The zero-order valence-electron chi connectivity index (χ0n) is 25.4. The van der Waals surface area contributed by atoms with Gasteiger partial charge in [-0.3, -0.25) is 4.79 Å². The fourth-order valence-corrected chi connectivity index (χ4v) is 6.38. The number of hydrogen-bond donors (Lipinski definition) is 3. The summed E-state index contributed by atoms with van der Waals surface area (Å²) in [5.74, 6) is -0.715. The summed E-state index contributed by atoms with van der Waals surface area (Å²) in [6, 6.07) is 19.4. The molecule has 43 heavy (non-hydrogen) atoms. The number of benzene rings is 3. The van der Waals surface area contributed by atoms with Crippen molar-refractivity contribution in [3.8, 4) is 11.8 Å². The summed E-state index contributed by atoms with van der Waals surface area (Å²) in [5.41, 5.74) is 2.89. The molecule has 4 rings (SSSR count).